The normalized spacial score (nSPS) is 10.0. The largest absolute Gasteiger partial charge is 0.397 e. The number of Topliss-reactive ketones (excluding diaryl/α,β-unsaturated/α-hetero) is 1. The third-order valence-corrected chi connectivity index (χ3v) is 2.13. The van der Waals surface area contributed by atoms with E-state index in [1.165, 1.54) is 12.2 Å². The van der Waals surface area contributed by atoms with Gasteiger partial charge in [0.2, 0.25) is 0 Å². The van der Waals surface area contributed by atoms with E-state index >= 15 is 0 Å². The maximum absolute atomic E-state index is 11.9. The summed E-state index contributed by atoms with van der Waals surface area (Å²) in [5.74, 6) is -0.151. The minimum Gasteiger partial charge on any atom is -0.397 e. The Labute approximate surface area is 108 Å². The first-order valence-electron chi connectivity index (χ1n) is 5.75. The summed E-state index contributed by atoms with van der Waals surface area (Å²) in [7, 11) is 0. The van der Waals surface area contributed by atoms with Crippen LogP contribution in [0.5, 0.6) is 0 Å². The van der Waals surface area contributed by atoms with Crippen molar-refractivity contribution in [3.8, 4) is 0 Å². The van der Waals surface area contributed by atoms with E-state index < -0.39 is 0 Å². The Balaban J connectivity index is 0.00000137. The van der Waals surface area contributed by atoms with Crippen LogP contribution >= 0.6 is 0 Å². The van der Waals surface area contributed by atoms with Gasteiger partial charge in [0.15, 0.2) is 5.78 Å². The van der Waals surface area contributed by atoms with E-state index in [1.54, 1.807) is 24.3 Å². The summed E-state index contributed by atoms with van der Waals surface area (Å²) in [6, 6.07) is 4.80. The molecule has 0 saturated heterocycles. The Morgan fingerprint density at radius 2 is 1.78 bits per heavy atom. The average Bonchev–Trinajstić information content (AvgIpc) is 2.40. The van der Waals surface area contributed by atoms with Crippen LogP contribution in [-0.4, -0.2) is 5.78 Å². The first-order valence-corrected chi connectivity index (χ1v) is 5.75. The molecule has 1 aromatic rings. The zero-order valence-electron chi connectivity index (χ0n) is 10.9. The van der Waals surface area contributed by atoms with Gasteiger partial charge in [-0.05, 0) is 18.2 Å². The van der Waals surface area contributed by atoms with E-state index in [9.17, 15) is 4.79 Å². The molecule has 0 atom stereocenters. The maximum Gasteiger partial charge on any atom is 0.193 e. The van der Waals surface area contributed by atoms with Crippen molar-refractivity contribution in [1.82, 2.24) is 0 Å². The average molecular weight is 244 g/mol. The molecular formula is C15H20N2O. The predicted molar refractivity (Wildman–Crippen MR) is 79.4 cm³/mol. The van der Waals surface area contributed by atoms with Gasteiger partial charge in [-0.2, -0.15) is 0 Å². The van der Waals surface area contributed by atoms with E-state index in [0.29, 0.717) is 22.5 Å². The molecule has 0 spiro atoms. The van der Waals surface area contributed by atoms with Gasteiger partial charge in [0.05, 0.1) is 11.4 Å². The molecule has 0 saturated carbocycles. The molecular weight excluding hydrogens is 224 g/mol. The Morgan fingerprint density at radius 3 is 2.22 bits per heavy atom. The van der Waals surface area contributed by atoms with Crippen LogP contribution in [0.2, 0.25) is 0 Å². The predicted octanol–water partition coefficient (Wildman–Crippen LogP) is 3.36. The van der Waals surface area contributed by atoms with Crippen molar-refractivity contribution in [2.24, 2.45) is 0 Å². The summed E-state index contributed by atoms with van der Waals surface area (Å²) in [5.41, 5.74) is 13.0. The van der Waals surface area contributed by atoms with Gasteiger partial charge >= 0.3 is 0 Å². The molecule has 0 aromatic heterocycles. The summed E-state index contributed by atoms with van der Waals surface area (Å²) in [4.78, 5) is 11.9. The molecule has 1 rings (SSSR count). The van der Waals surface area contributed by atoms with Gasteiger partial charge in [0, 0.05) is 11.1 Å². The second-order valence-corrected chi connectivity index (χ2v) is 3.23. The van der Waals surface area contributed by atoms with Crippen molar-refractivity contribution in [2.45, 2.75) is 13.8 Å². The van der Waals surface area contributed by atoms with E-state index in [1.807, 2.05) is 13.8 Å². The fourth-order valence-electron chi connectivity index (χ4n) is 1.25. The van der Waals surface area contributed by atoms with E-state index in [0.717, 1.165) is 0 Å². The molecule has 0 radical (unpaired) electrons. The van der Waals surface area contributed by atoms with Crippen LogP contribution in [-0.2, 0) is 0 Å². The van der Waals surface area contributed by atoms with Crippen LogP contribution in [0.4, 0.5) is 11.4 Å². The maximum atomic E-state index is 11.9. The van der Waals surface area contributed by atoms with E-state index in [4.69, 9.17) is 11.5 Å². The molecule has 18 heavy (non-hydrogen) atoms. The van der Waals surface area contributed by atoms with Gasteiger partial charge in [-0.15, -0.1) is 0 Å². The third kappa shape index (κ3) is 3.94. The van der Waals surface area contributed by atoms with Gasteiger partial charge < -0.3 is 11.5 Å². The van der Waals surface area contributed by atoms with E-state index in [-0.39, 0.29) is 5.78 Å². The lowest BCUT2D eigenvalue weighted by Crippen LogP contribution is -2.03. The smallest absolute Gasteiger partial charge is 0.193 e. The summed E-state index contributed by atoms with van der Waals surface area (Å²) >= 11 is 0. The number of hydrogen-bond donors (Lipinski definition) is 2. The number of nitrogen functional groups attached to an aromatic ring is 2. The van der Waals surface area contributed by atoms with Crippen molar-refractivity contribution < 1.29 is 4.79 Å². The molecule has 1 aromatic carbocycles. The second-order valence-electron chi connectivity index (χ2n) is 3.23. The Hall–Kier alpha value is -2.29. The lowest BCUT2D eigenvalue weighted by molar-refractivity contribution is 0.103. The van der Waals surface area contributed by atoms with Gasteiger partial charge in [-0.1, -0.05) is 45.2 Å². The number of allylic oxidation sites excluding steroid dienone is 4. The highest BCUT2D eigenvalue weighted by atomic mass is 16.1. The summed E-state index contributed by atoms with van der Waals surface area (Å²) in [6.07, 6.45) is 4.62. The Bertz CT molecular complexity index is 473. The van der Waals surface area contributed by atoms with Crippen LogP contribution < -0.4 is 11.5 Å². The monoisotopic (exact) mass is 244 g/mol. The SMILES string of the molecule is C=C/C=C(\C=C)C(=O)c1ccc(N)c(N)c1.CC. The number of anilines is 2. The van der Waals surface area contributed by atoms with Gasteiger partial charge in [-0.3, -0.25) is 4.79 Å². The topological polar surface area (TPSA) is 69.1 Å². The van der Waals surface area contributed by atoms with Crippen LogP contribution in [0, 0.1) is 0 Å². The molecule has 0 fully saturated rings. The lowest BCUT2D eigenvalue weighted by Gasteiger charge is -2.04. The molecule has 4 N–H and O–H groups in total. The molecule has 0 heterocycles. The number of benzene rings is 1. The first-order chi connectivity index (χ1) is 8.60. The van der Waals surface area contributed by atoms with Crippen molar-refractivity contribution in [2.75, 3.05) is 11.5 Å². The zero-order chi connectivity index (χ0) is 14.1. The fraction of sp³-hybridized carbons (Fsp3) is 0.133. The van der Waals surface area contributed by atoms with Gasteiger partial charge in [0.1, 0.15) is 0 Å². The van der Waals surface area contributed by atoms with Crippen molar-refractivity contribution >= 4 is 17.2 Å². The lowest BCUT2D eigenvalue weighted by atomic mass is 10.0. The van der Waals surface area contributed by atoms with Gasteiger partial charge in [-0.25, -0.2) is 0 Å². The quantitative estimate of drug-likeness (QED) is 0.369. The van der Waals surface area contributed by atoms with Crippen LogP contribution in [0.15, 0.2) is 55.2 Å². The summed E-state index contributed by atoms with van der Waals surface area (Å²) in [5, 5.41) is 0. The molecule has 0 aliphatic rings. The third-order valence-electron chi connectivity index (χ3n) is 2.13. The molecule has 0 bridgehead atoms. The van der Waals surface area contributed by atoms with Crippen molar-refractivity contribution in [1.29, 1.82) is 0 Å². The number of hydrogen-bond acceptors (Lipinski definition) is 3. The highest BCUT2D eigenvalue weighted by molar-refractivity contribution is 6.11. The minimum absolute atomic E-state index is 0.151. The molecule has 96 valence electrons. The van der Waals surface area contributed by atoms with Crippen molar-refractivity contribution in [3.63, 3.8) is 0 Å². The zero-order valence-corrected chi connectivity index (χ0v) is 10.9. The number of carbonyl (C=O) groups excluding carboxylic acids is 1. The molecule has 3 heteroatoms. The number of ketones is 1. The van der Waals surface area contributed by atoms with Crippen molar-refractivity contribution in [3.05, 3.63) is 60.7 Å². The molecule has 0 amide bonds. The van der Waals surface area contributed by atoms with Crippen LogP contribution in [0.25, 0.3) is 0 Å². The molecule has 0 aliphatic carbocycles. The number of carbonyl (C=O) groups is 1. The van der Waals surface area contributed by atoms with Crippen LogP contribution in [0.3, 0.4) is 0 Å². The Kier molecular flexibility index (Phi) is 6.89. The van der Waals surface area contributed by atoms with Crippen LogP contribution in [0.1, 0.15) is 24.2 Å². The number of nitrogens with two attached hydrogens (primary N) is 2. The second kappa shape index (κ2) is 7.90. The molecule has 0 unspecified atom stereocenters. The summed E-state index contributed by atoms with van der Waals surface area (Å²) < 4.78 is 0. The fourth-order valence-corrected chi connectivity index (χ4v) is 1.25. The standard InChI is InChI=1S/C13H14N2O.C2H6/c1-3-5-9(4-2)13(16)10-6-7-11(14)12(15)8-10;1-2/h3-8H,1-2,14-15H2;1-2H3/b9-5+;. The van der Waals surface area contributed by atoms with E-state index in [2.05, 4.69) is 13.2 Å². The Morgan fingerprint density at radius 1 is 1.17 bits per heavy atom. The highest BCUT2D eigenvalue weighted by Crippen LogP contribution is 2.18. The molecule has 0 aliphatic heterocycles. The first kappa shape index (κ1) is 15.7. The summed E-state index contributed by atoms with van der Waals surface area (Å²) in [6.45, 7) is 11.1. The van der Waals surface area contributed by atoms with Gasteiger partial charge in [0.25, 0.3) is 0 Å². The molecule has 3 nitrogen and oxygen atoms in total. The minimum atomic E-state index is -0.151. The number of rotatable bonds is 4. The highest BCUT2D eigenvalue weighted by Gasteiger charge is 2.09.